The molecule has 24 heavy (non-hydrogen) atoms. The van der Waals surface area contributed by atoms with E-state index in [2.05, 4.69) is 39.3 Å². The Labute approximate surface area is 149 Å². The fraction of sp³-hybridized carbons (Fsp3) is 0.353. The maximum absolute atomic E-state index is 5.75. The summed E-state index contributed by atoms with van der Waals surface area (Å²) in [4.78, 5) is 16.7. The van der Waals surface area contributed by atoms with E-state index < -0.39 is 0 Å². The van der Waals surface area contributed by atoms with Gasteiger partial charge in [0.25, 0.3) is 0 Å². The number of fused-ring (bicyclic) bond motifs is 1. The minimum Gasteiger partial charge on any atom is -0.476 e. The number of thiazole rings is 1. The summed E-state index contributed by atoms with van der Waals surface area (Å²) in [7, 11) is 0. The normalized spacial score (nSPS) is 17.5. The number of ether oxygens (including phenoxy) is 1. The van der Waals surface area contributed by atoms with Crippen molar-refractivity contribution in [3.63, 3.8) is 0 Å². The van der Waals surface area contributed by atoms with Crippen LogP contribution in [0.3, 0.4) is 0 Å². The van der Waals surface area contributed by atoms with Gasteiger partial charge in [-0.3, -0.25) is 4.98 Å². The van der Waals surface area contributed by atoms with E-state index in [4.69, 9.17) is 9.72 Å². The molecule has 2 aromatic heterocycles. The molecule has 0 N–H and O–H groups in total. The zero-order valence-electron chi connectivity index (χ0n) is 13.4. The smallest absolute Gasteiger partial charge is 0.232 e. The molecule has 0 aliphatic carbocycles. The molecule has 1 atom stereocenters. The highest BCUT2D eigenvalue weighted by Gasteiger charge is 2.25. The number of hydrogen-bond donors (Lipinski definition) is 0. The van der Waals surface area contributed by atoms with Gasteiger partial charge in [0.15, 0.2) is 5.13 Å². The minimum absolute atomic E-state index is 0.499. The van der Waals surface area contributed by atoms with Gasteiger partial charge in [0, 0.05) is 36.3 Å². The van der Waals surface area contributed by atoms with Gasteiger partial charge < -0.3 is 9.64 Å². The number of anilines is 1. The minimum atomic E-state index is 0.499. The molecular formula is C17H18N4OS2. The number of rotatable bonds is 5. The molecule has 1 aromatic carbocycles. The molecule has 7 heteroatoms. The molecule has 1 aliphatic heterocycles. The zero-order valence-corrected chi connectivity index (χ0v) is 15.0. The number of aromatic nitrogens is 3. The van der Waals surface area contributed by atoms with Crippen molar-refractivity contribution in [1.29, 1.82) is 0 Å². The highest BCUT2D eigenvalue weighted by atomic mass is 32.2. The molecule has 0 amide bonds. The first-order valence-electron chi connectivity index (χ1n) is 7.91. The molecule has 1 aliphatic rings. The first-order valence-corrected chi connectivity index (χ1v) is 9.95. The lowest BCUT2D eigenvalue weighted by Crippen LogP contribution is -2.21. The third-order valence-corrected chi connectivity index (χ3v) is 6.00. The third kappa shape index (κ3) is 3.18. The summed E-state index contributed by atoms with van der Waals surface area (Å²) in [5.41, 5.74) is 1.13. The summed E-state index contributed by atoms with van der Waals surface area (Å²) in [6.07, 6.45) is 8.18. The Kier molecular flexibility index (Phi) is 4.53. The highest BCUT2D eigenvalue weighted by molar-refractivity contribution is 7.98. The second-order valence-corrected chi connectivity index (χ2v) is 7.62. The van der Waals surface area contributed by atoms with Gasteiger partial charge in [-0.25, -0.2) is 9.97 Å². The second-order valence-electron chi connectivity index (χ2n) is 5.76. The summed E-state index contributed by atoms with van der Waals surface area (Å²) in [6.45, 7) is 2.69. The molecule has 3 aromatic rings. The molecule has 0 bridgehead atoms. The number of hydrogen-bond acceptors (Lipinski definition) is 7. The molecule has 1 fully saturated rings. The van der Waals surface area contributed by atoms with Crippen molar-refractivity contribution in [2.45, 2.75) is 11.3 Å². The van der Waals surface area contributed by atoms with Crippen LogP contribution < -0.4 is 9.64 Å². The summed E-state index contributed by atoms with van der Waals surface area (Å²) in [5, 5.41) is 1.12. The number of thioether (sulfide) groups is 1. The number of nitrogens with zero attached hydrogens (tertiary/aromatic N) is 4. The van der Waals surface area contributed by atoms with Crippen molar-refractivity contribution < 1.29 is 4.74 Å². The van der Waals surface area contributed by atoms with Gasteiger partial charge in [-0.2, -0.15) is 0 Å². The molecule has 0 spiro atoms. The van der Waals surface area contributed by atoms with Crippen LogP contribution in [-0.4, -0.2) is 40.9 Å². The highest BCUT2D eigenvalue weighted by Crippen LogP contribution is 2.35. The maximum Gasteiger partial charge on any atom is 0.232 e. The predicted molar refractivity (Wildman–Crippen MR) is 99.2 cm³/mol. The van der Waals surface area contributed by atoms with Crippen molar-refractivity contribution in [2.24, 2.45) is 5.92 Å². The van der Waals surface area contributed by atoms with Crippen LogP contribution in [0.5, 0.6) is 5.88 Å². The van der Waals surface area contributed by atoms with Crippen LogP contribution >= 0.6 is 23.1 Å². The monoisotopic (exact) mass is 358 g/mol. The van der Waals surface area contributed by atoms with Crippen LogP contribution in [0.25, 0.3) is 10.2 Å². The van der Waals surface area contributed by atoms with Gasteiger partial charge >= 0.3 is 0 Å². The van der Waals surface area contributed by atoms with Gasteiger partial charge in [0.05, 0.1) is 23.0 Å². The topological polar surface area (TPSA) is 51.1 Å². The fourth-order valence-electron chi connectivity index (χ4n) is 2.92. The average Bonchev–Trinajstić information content (AvgIpc) is 3.27. The van der Waals surface area contributed by atoms with Crippen LogP contribution in [0.2, 0.25) is 0 Å². The molecule has 1 unspecified atom stereocenters. The number of para-hydroxylation sites is 1. The molecular weight excluding hydrogens is 340 g/mol. The quantitative estimate of drug-likeness (QED) is 0.648. The molecule has 0 saturated carbocycles. The lowest BCUT2D eigenvalue weighted by molar-refractivity contribution is 0.251. The third-order valence-electron chi connectivity index (χ3n) is 4.15. The lowest BCUT2D eigenvalue weighted by Gasteiger charge is -2.15. The standard InChI is InChI=1S/C17H18N4OS2/c1-23-13-3-2-4-14-16(13)20-17(24-14)21-8-5-12(10-21)11-22-15-9-18-6-7-19-15/h2-4,6-7,9,12H,5,8,10-11H2,1H3. The van der Waals surface area contributed by atoms with Gasteiger partial charge in [-0.05, 0) is 24.8 Å². The van der Waals surface area contributed by atoms with Gasteiger partial charge in [-0.15, -0.1) is 11.8 Å². The maximum atomic E-state index is 5.75. The van der Waals surface area contributed by atoms with E-state index in [9.17, 15) is 0 Å². The van der Waals surface area contributed by atoms with Gasteiger partial charge in [0.2, 0.25) is 5.88 Å². The Morgan fingerprint density at radius 2 is 2.33 bits per heavy atom. The fourth-order valence-corrected chi connectivity index (χ4v) is 4.57. The van der Waals surface area contributed by atoms with Gasteiger partial charge in [-0.1, -0.05) is 17.4 Å². The van der Waals surface area contributed by atoms with Crippen molar-refractivity contribution in [3.05, 3.63) is 36.8 Å². The Hall–Kier alpha value is -1.86. The number of benzene rings is 1. The molecule has 1 saturated heterocycles. The van der Waals surface area contributed by atoms with Crippen LogP contribution in [0.1, 0.15) is 6.42 Å². The van der Waals surface area contributed by atoms with E-state index in [0.717, 1.165) is 30.2 Å². The van der Waals surface area contributed by atoms with Crippen LogP contribution in [0.4, 0.5) is 5.13 Å². The van der Waals surface area contributed by atoms with Crippen LogP contribution in [0.15, 0.2) is 41.7 Å². The van der Waals surface area contributed by atoms with Crippen LogP contribution in [-0.2, 0) is 0 Å². The summed E-state index contributed by atoms with van der Waals surface area (Å²) in [5.74, 6) is 1.10. The summed E-state index contributed by atoms with van der Waals surface area (Å²) in [6, 6.07) is 6.40. The van der Waals surface area contributed by atoms with Gasteiger partial charge in [0.1, 0.15) is 0 Å². The predicted octanol–water partition coefficient (Wildman–Crippen LogP) is 3.71. The van der Waals surface area contributed by atoms with E-state index in [1.807, 2.05) is 0 Å². The van der Waals surface area contributed by atoms with E-state index >= 15 is 0 Å². The first kappa shape index (κ1) is 15.7. The summed E-state index contributed by atoms with van der Waals surface area (Å²) < 4.78 is 7.01. The van der Waals surface area contributed by atoms with Crippen LogP contribution in [0, 0.1) is 5.92 Å². The summed E-state index contributed by atoms with van der Waals surface area (Å²) >= 11 is 3.53. The van der Waals surface area contributed by atoms with Crippen molar-refractivity contribution in [2.75, 3.05) is 30.9 Å². The van der Waals surface area contributed by atoms with E-state index in [1.165, 1.54) is 9.60 Å². The van der Waals surface area contributed by atoms with E-state index in [1.54, 1.807) is 41.7 Å². The molecule has 5 nitrogen and oxygen atoms in total. The molecule has 4 rings (SSSR count). The largest absolute Gasteiger partial charge is 0.476 e. The van der Waals surface area contributed by atoms with E-state index in [0.29, 0.717) is 18.4 Å². The second kappa shape index (κ2) is 6.94. The molecule has 3 heterocycles. The van der Waals surface area contributed by atoms with Crippen molar-refractivity contribution in [3.8, 4) is 5.88 Å². The Balaban J connectivity index is 1.43. The lowest BCUT2D eigenvalue weighted by atomic mass is 10.1. The molecule has 0 radical (unpaired) electrons. The van der Waals surface area contributed by atoms with E-state index in [-0.39, 0.29) is 0 Å². The average molecular weight is 358 g/mol. The molecule has 124 valence electrons. The Bertz CT molecular complexity index is 824. The first-order chi connectivity index (χ1) is 11.8. The van der Waals surface area contributed by atoms with Crippen molar-refractivity contribution in [1.82, 2.24) is 15.0 Å². The Morgan fingerprint density at radius 1 is 1.38 bits per heavy atom. The SMILES string of the molecule is CSc1cccc2sc(N3CCC(COc4cnccn4)C3)nc12. The zero-order chi connectivity index (χ0) is 16.4. The Morgan fingerprint density at radius 3 is 3.17 bits per heavy atom. The van der Waals surface area contributed by atoms with Crippen molar-refractivity contribution >= 4 is 38.4 Å².